The molecule has 9 nitrogen and oxygen atoms in total. The fourth-order valence-electron chi connectivity index (χ4n) is 2.47. The van der Waals surface area contributed by atoms with Gasteiger partial charge in [0.15, 0.2) is 4.90 Å². The van der Waals surface area contributed by atoms with Gasteiger partial charge in [-0.15, -0.1) is 0 Å². The molecule has 0 bridgehead atoms. The highest BCUT2D eigenvalue weighted by atomic mass is 32.2. The molecule has 25 heavy (non-hydrogen) atoms. The van der Waals surface area contributed by atoms with Crippen molar-refractivity contribution in [3.05, 3.63) is 34.4 Å². The van der Waals surface area contributed by atoms with E-state index in [1.54, 1.807) is 20.8 Å². The summed E-state index contributed by atoms with van der Waals surface area (Å²) in [6.07, 6.45) is -0.112. The first kappa shape index (κ1) is 19.1. The van der Waals surface area contributed by atoms with Crippen LogP contribution in [0.5, 0.6) is 0 Å². The van der Waals surface area contributed by atoms with Gasteiger partial charge < -0.3 is 9.64 Å². The highest BCUT2D eigenvalue weighted by Crippen LogP contribution is 2.24. The Morgan fingerprint density at radius 3 is 2.60 bits per heavy atom. The molecule has 1 aromatic carbocycles. The lowest BCUT2D eigenvalue weighted by Gasteiger charge is -2.24. The van der Waals surface area contributed by atoms with Crippen LogP contribution in [-0.4, -0.2) is 49.1 Å². The van der Waals surface area contributed by atoms with E-state index in [0.29, 0.717) is 13.0 Å². The van der Waals surface area contributed by atoms with Gasteiger partial charge in [0.2, 0.25) is 10.0 Å². The van der Waals surface area contributed by atoms with E-state index >= 15 is 0 Å². The summed E-state index contributed by atoms with van der Waals surface area (Å²) in [7, 11) is -4.07. The van der Waals surface area contributed by atoms with Crippen molar-refractivity contribution in [3.8, 4) is 0 Å². The fraction of sp³-hybridized carbons (Fsp3) is 0.533. The van der Waals surface area contributed by atoms with Crippen LogP contribution in [0.2, 0.25) is 0 Å². The summed E-state index contributed by atoms with van der Waals surface area (Å²) in [6, 6.07) is 4.61. The average molecular weight is 371 g/mol. The maximum absolute atomic E-state index is 12.5. The molecule has 1 heterocycles. The average Bonchev–Trinajstić information content (AvgIpc) is 2.93. The van der Waals surface area contributed by atoms with Gasteiger partial charge in [0.25, 0.3) is 5.69 Å². The van der Waals surface area contributed by atoms with Gasteiger partial charge in [0.05, 0.1) is 4.92 Å². The topological polar surface area (TPSA) is 119 Å². The van der Waals surface area contributed by atoms with Gasteiger partial charge in [-0.1, -0.05) is 12.1 Å². The zero-order valence-corrected chi connectivity index (χ0v) is 15.1. The summed E-state index contributed by atoms with van der Waals surface area (Å²) >= 11 is 0. The van der Waals surface area contributed by atoms with Crippen molar-refractivity contribution >= 4 is 21.8 Å². The number of para-hydroxylation sites is 1. The first-order valence-electron chi connectivity index (χ1n) is 7.73. The normalized spacial score (nSPS) is 18.2. The molecule has 1 atom stereocenters. The molecule has 0 radical (unpaired) electrons. The number of likely N-dealkylation sites (tertiary alicyclic amines) is 1. The molecular weight excluding hydrogens is 350 g/mol. The second-order valence-corrected chi connectivity index (χ2v) is 8.44. The smallest absolute Gasteiger partial charge is 0.410 e. The summed E-state index contributed by atoms with van der Waals surface area (Å²) < 4.78 is 32.6. The number of ether oxygens (including phenoxy) is 1. The zero-order valence-electron chi connectivity index (χ0n) is 14.3. The third kappa shape index (κ3) is 4.89. The molecule has 0 spiro atoms. The Labute approximate surface area is 146 Å². The van der Waals surface area contributed by atoms with E-state index in [1.807, 2.05) is 0 Å². The summed E-state index contributed by atoms with van der Waals surface area (Å²) in [5, 5.41) is 11.0. The Morgan fingerprint density at radius 2 is 2.00 bits per heavy atom. The minimum Gasteiger partial charge on any atom is -0.444 e. The van der Waals surface area contributed by atoms with E-state index in [2.05, 4.69) is 4.72 Å². The number of rotatable bonds is 4. The Kier molecular flexibility index (Phi) is 5.33. The standard InChI is InChI=1S/C15H21N3O6S/c1-15(2,3)24-14(19)17-9-8-11(10-17)16-25(22,23)13-7-5-4-6-12(13)18(20)21/h4-7,11,16H,8-10H2,1-3H3/t11-/m1/s1. The van der Waals surface area contributed by atoms with E-state index in [0.717, 1.165) is 6.07 Å². The Bertz CT molecular complexity index is 772. The molecule has 0 aliphatic carbocycles. The number of hydrogen-bond donors (Lipinski definition) is 1. The van der Waals surface area contributed by atoms with Gasteiger partial charge in [-0.2, -0.15) is 0 Å². The van der Waals surface area contributed by atoms with Crippen molar-refractivity contribution in [2.24, 2.45) is 0 Å². The number of carbonyl (C=O) groups is 1. The number of nitro groups is 1. The SMILES string of the molecule is CC(C)(C)OC(=O)N1CC[C@@H](NS(=O)(=O)c2ccccc2[N+](=O)[O-])C1. The summed E-state index contributed by atoms with van der Waals surface area (Å²) in [6.45, 7) is 5.73. The first-order valence-corrected chi connectivity index (χ1v) is 9.21. The van der Waals surface area contributed by atoms with E-state index < -0.39 is 43.3 Å². The van der Waals surface area contributed by atoms with Crippen LogP contribution in [0.4, 0.5) is 10.5 Å². The van der Waals surface area contributed by atoms with Crippen molar-refractivity contribution in [1.29, 1.82) is 0 Å². The van der Waals surface area contributed by atoms with Crippen LogP contribution in [0, 0.1) is 10.1 Å². The van der Waals surface area contributed by atoms with E-state index in [4.69, 9.17) is 4.74 Å². The van der Waals surface area contributed by atoms with Crippen LogP contribution in [0.3, 0.4) is 0 Å². The van der Waals surface area contributed by atoms with Gasteiger partial charge in [-0.05, 0) is 33.3 Å². The van der Waals surface area contributed by atoms with E-state index in [-0.39, 0.29) is 6.54 Å². The monoisotopic (exact) mass is 371 g/mol. The Balaban J connectivity index is 2.08. The van der Waals surface area contributed by atoms with Crippen LogP contribution in [-0.2, 0) is 14.8 Å². The molecule has 1 aromatic rings. The number of carbonyl (C=O) groups excluding carboxylic acids is 1. The second-order valence-electron chi connectivity index (χ2n) is 6.76. The summed E-state index contributed by atoms with van der Waals surface area (Å²) in [5.74, 6) is 0. The molecule has 0 aromatic heterocycles. The van der Waals surface area contributed by atoms with Crippen LogP contribution in [0.15, 0.2) is 29.2 Å². The lowest BCUT2D eigenvalue weighted by atomic mass is 10.2. The van der Waals surface area contributed by atoms with Gasteiger partial charge >= 0.3 is 6.09 Å². The minimum atomic E-state index is -4.07. The van der Waals surface area contributed by atoms with Crippen molar-refractivity contribution in [3.63, 3.8) is 0 Å². The molecule has 138 valence electrons. The van der Waals surface area contributed by atoms with Gasteiger partial charge in [0.1, 0.15) is 5.60 Å². The summed E-state index contributed by atoms with van der Waals surface area (Å²) in [4.78, 5) is 23.3. The predicted molar refractivity (Wildman–Crippen MR) is 89.6 cm³/mol. The largest absolute Gasteiger partial charge is 0.444 e. The van der Waals surface area contributed by atoms with Crippen LogP contribution in [0.1, 0.15) is 27.2 Å². The molecule has 2 rings (SSSR count). The molecule has 1 saturated heterocycles. The molecule has 10 heteroatoms. The van der Waals surface area contributed by atoms with Gasteiger partial charge in [-0.3, -0.25) is 10.1 Å². The van der Waals surface area contributed by atoms with Crippen molar-refractivity contribution in [2.45, 2.75) is 43.7 Å². The number of nitro benzene ring substituents is 1. The number of amides is 1. The van der Waals surface area contributed by atoms with Crippen LogP contribution < -0.4 is 4.72 Å². The third-order valence-corrected chi connectivity index (χ3v) is 5.08. The molecule has 0 saturated carbocycles. The maximum atomic E-state index is 12.5. The number of hydrogen-bond acceptors (Lipinski definition) is 6. The molecule has 1 amide bonds. The highest BCUT2D eigenvalue weighted by molar-refractivity contribution is 7.89. The van der Waals surface area contributed by atoms with E-state index in [9.17, 15) is 23.3 Å². The molecule has 1 aliphatic rings. The second kappa shape index (κ2) is 6.96. The molecule has 1 fully saturated rings. The lowest BCUT2D eigenvalue weighted by Crippen LogP contribution is -2.40. The summed E-state index contributed by atoms with van der Waals surface area (Å²) in [5.41, 5.74) is -1.13. The number of benzene rings is 1. The zero-order chi connectivity index (χ0) is 18.8. The van der Waals surface area contributed by atoms with Gasteiger partial charge in [0, 0.05) is 25.2 Å². The van der Waals surface area contributed by atoms with E-state index in [1.165, 1.54) is 23.1 Å². The predicted octanol–water partition coefficient (Wildman–Crippen LogP) is 1.88. The quantitative estimate of drug-likeness (QED) is 0.637. The number of nitrogens with one attached hydrogen (secondary N) is 1. The van der Waals surface area contributed by atoms with Crippen LogP contribution in [0.25, 0.3) is 0 Å². The highest BCUT2D eigenvalue weighted by Gasteiger charge is 2.34. The maximum Gasteiger partial charge on any atom is 0.410 e. The van der Waals surface area contributed by atoms with Crippen molar-refractivity contribution < 1.29 is 22.9 Å². The fourth-order valence-corrected chi connectivity index (χ4v) is 3.90. The lowest BCUT2D eigenvalue weighted by molar-refractivity contribution is -0.387. The first-order chi connectivity index (χ1) is 11.5. The molecular formula is C15H21N3O6S. The number of sulfonamides is 1. The Morgan fingerprint density at radius 1 is 1.36 bits per heavy atom. The number of nitrogens with zero attached hydrogens (tertiary/aromatic N) is 2. The van der Waals surface area contributed by atoms with Gasteiger partial charge in [-0.25, -0.2) is 17.9 Å². The minimum absolute atomic E-state index is 0.148. The third-order valence-electron chi connectivity index (χ3n) is 3.51. The molecule has 1 aliphatic heterocycles. The van der Waals surface area contributed by atoms with Crippen molar-refractivity contribution in [1.82, 2.24) is 9.62 Å². The van der Waals surface area contributed by atoms with Crippen LogP contribution >= 0.6 is 0 Å². The molecule has 0 unspecified atom stereocenters. The molecule has 1 N–H and O–H groups in total. The van der Waals surface area contributed by atoms with Crippen molar-refractivity contribution in [2.75, 3.05) is 13.1 Å². The Hall–Kier alpha value is -2.20.